The van der Waals surface area contributed by atoms with Crippen molar-refractivity contribution in [1.82, 2.24) is 15.1 Å². The molecular weight excluding hydrogens is 308 g/mol. The molecule has 1 aromatic carbocycles. The lowest BCUT2D eigenvalue weighted by atomic mass is 10.3. The van der Waals surface area contributed by atoms with Crippen LogP contribution in [0.1, 0.15) is 37.3 Å². The molecule has 1 aromatic heterocycles. The van der Waals surface area contributed by atoms with Crippen LogP contribution in [0.5, 0.6) is 0 Å². The number of anilines is 1. The molecule has 0 radical (unpaired) electrons. The topological polar surface area (TPSA) is 96.2 Å². The van der Waals surface area contributed by atoms with Gasteiger partial charge in [0.15, 0.2) is 0 Å². The standard InChI is InChI=1S/C17H20N4O3/c22-16(23)7-4-10-18-17(24)19-15-11-14(12-8-9-12)20-21(15)13-5-2-1-3-6-13/h1-3,5-6,11-12H,4,7-10H2,(H,22,23)(H2,18,19,24). The monoisotopic (exact) mass is 328 g/mol. The number of carboxylic acids is 1. The minimum atomic E-state index is -0.867. The van der Waals surface area contributed by atoms with Crippen molar-refractivity contribution in [3.05, 3.63) is 42.1 Å². The molecular formula is C17H20N4O3. The molecule has 0 atom stereocenters. The van der Waals surface area contributed by atoms with Gasteiger partial charge in [-0.05, 0) is 31.4 Å². The average molecular weight is 328 g/mol. The Kier molecular flexibility index (Phi) is 4.79. The van der Waals surface area contributed by atoms with Crippen LogP contribution in [0.3, 0.4) is 0 Å². The van der Waals surface area contributed by atoms with Crippen molar-refractivity contribution < 1.29 is 14.7 Å². The molecule has 0 unspecified atom stereocenters. The summed E-state index contributed by atoms with van der Waals surface area (Å²) in [5.74, 6) is 0.224. The van der Waals surface area contributed by atoms with E-state index in [-0.39, 0.29) is 12.5 Å². The molecule has 7 nitrogen and oxygen atoms in total. The maximum Gasteiger partial charge on any atom is 0.320 e. The number of rotatable bonds is 7. The van der Waals surface area contributed by atoms with Crippen LogP contribution >= 0.6 is 0 Å². The van der Waals surface area contributed by atoms with Gasteiger partial charge >= 0.3 is 12.0 Å². The average Bonchev–Trinajstić information content (AvgIpc) is 3.34. The van der Waals surface area contributed by atoms with E-state index in [9.17, 15) is 9.59 Å². The smallest absolute Gasteiger partial charge is 0.320 e. The number of hydrogen-bond donors (Lipinski definition) is 3. The third kappa shape index (κ3) is 4.13. The minimum Gasteiger partial charge on any atom is -0.481 e. The summed E-state index contributed by atoms with van der Waals surface area (Å²) in [6.07, 6.45) is 2.70. The van der Waals surface area contributed by atoms with Crippen LogP contribution in [-0.4, -0.2) is 33.4 Å². The summed E-state index contributed by atoms with van der Waals surface area (Å²) in [6.45, 7) is 0.313. The molecule has 7 heteroatoms. The predicted molar refractivity (Wildman–Crippen MR) is 89.4 cm³/mol. The Labute approximate surface area is 139 Å². The molecule has 2 amide bonds. The zero-order valence-corrected chi connectivity index (χ0v) is 13.2. The molecule has 1 fully saturated rings. The number of carbonyl (C=O) groups is 2. The summed E-state index contributed by atoms with van der Waals surface area (Å²) in [7, 11) is 0. The van der Waals surface area contributed by atoms with Gasteiger partial charge in [0, 0.05) is 24.9 Å². The number of carbonyl (C=O) groups excluding carboxylic acids is 1. The molecule has 2 aromatic rings. The Morgan fingerprint density at radius 2 is 2.00 bits per heavy atom. The molecule has 3 rings (SSSR count). The fraction of sp³-hybridized carbons (Fsp3) is 0.353. The zero-order valence-electron chi connectivity index (χ0n) is 13.2. The van der Waals surface area contributed by atoms with Crippen molar-refractivity contribution in [1.29, 1.82) is 0 Å². The summed E-state index contributed by atoms with van der Waals surface area (Å²) in [6, 6.07) is 11.2. The van der Waals surface area contributed by atoms with E-state index in [1.54, 1.807) is 4.68 Å². The lowest BCUT2D eigenvalue weighted by Crippen LogP contribution is -2.30. The fourth-order valence-corrected chi connectivity index (χ4v) is 2.44. The largest absolute Gasteiger partial charge is 0.481 e. The number of amides is 2. The van der Waals surface area contributed by atoms with E-state index in [1.165, 1.54) is 0 Å². The number of hydrogen-bond acceptors (Lipinski definition) is 3. The van der Waals surface area contributed by atoms with Gasteiger partial charge in [-0.2, -0.15) is 5.10 Å². The molecule has 126 valence electrons. The van der Waals surface area contributed by atoms with Crippen molar-refractivity contribution in [2.75, 3.05) is 11.9 Å². The molecule has 0 bridgehead atoms. The Bertz CT molecular complexity index is 723. The molecule has 1 aliphatic carbocycles. The van der Waals surface area contributed by atoms with Crippen LogP contribution in [-0.2, 0) is 4.79 Å². The lowest BCUT2D eigenvalue weighted by molar-refractivity contribution is -0.137. The summed E-state index contributed by atoms with van der Waals surface area (Å²) in [5.41, 5.74) is 1.87. The first kappa shape index (κ1) is 16.0. The van der Waals surface area contributed by atoms with Crippen molar-refractivity contribution in [2.45, 2.75) is 31.6 Å². The fourth-order valence-electron chi connectivity index (χ4n) is 2.44. The van der Waals surface area contributed by atoms with Crippen LogP contribution in [0.4, 0.5) is 10.6 Å². The van der Waals surface area contributed by atoms with Gasteiger partial charge in [-0.25, -0.2) is 9.48 Å². The van der Waals surface area contributed by atoms with E-state index in [2.05, 4.69) is 15.7 Å². The Morgan fingerprint density at radius 3 is 2.67 bits per heavy atom. The first-order valence-corrected chi connectivity index (χ1v) is 8.05. The van der Waals surface area contributed by atoms with Gasteiger partial charge in [-0.15, -0.1) is 0 Å². The van der Waals surface area contributed by atoms with E-state index >= 15 is 0 Å². The first-order valence-electron chi connectivity index (χ1n) is 8.05. The van der Waals surface area contributed by atoms with Gasteiger partial charge in [-0.1, -0.05) is 18.2 Å². The molecule has 0 saturated heterocycles. The molecule has 3 N–H and O–H groups in total. The number of nitrogens with zero attached hydrogens (tertiary/aromatic N) is 2. The number of benzene rings is 1. The van der Waals surface area contributed by atoms with Crippen LogP contribution < -0.4 is 10.6 Å². The summed E-state index contributed by atoms with van der Waals surface area (Å²) >= 11 is 0. The summed E-state index contributed by atoms with van der Waals surface area (Å²) in [5, 5.41) is 18.7. The van der Waals surface area contributed by atoms with E-state index in [4.69, 9.17) is 5.11 Å². The normalized spacial score (nSPS) is 13.5. The molecule has 0 aliphatic heterocycles. The van der Waals surface area contributed by atoms with E-state index in [0.717, 1.165) is 24.2 Å². The van der Waals surface area contributed by atoms with Crippen LogP contribution in [0.25, 0.3) is 5.69 Å². The van der Waals surface area contributed by atoms with Gasteiger partial charge in [0.1, 0.15) is 5.82 Å². The van der Waals surface area contributed by atoms with Crippen LogP contribution in [0.2, 0.25) is 0 Å². The second kappa shape index (κ2) is 7.16. The van der Waals surface area contributed by atoms with Gasteiger partial charge < -0.3 is 10.4 Å². The van der Waals surface area contributed by atoms with Gasteiger partial charge in [-0.3, -0.25) is 10.1 Å². The quantitative estimate of drug-likeness (QED) is 0.681. The third-order valence-corrected chi connectivity index (χ3v) is 3.82. The molecule has 24 heavy (non-hydrogen) atoms. The van der Waals surface area contributed by atoms with Gasteiger partial charge in [0.25, 0.3) is 0 Å². The molecule has 0 spiro atoms. The van der Waals surface area contributed by atoms with E-state index in [1.807, 2.05) is 36.4 Å². The highest BCUT2D eigenvalue weighted by atomic mass is 16.4. The minimum absolute atomic E-state index is 0.0358. The highest BCUT2D eigenvalue weighted by molar-refractivity contribution is 5.88. The Morgan fingerprint density at radius 1 is 1.25 bits per heavy atom. The number of aliphatic carboxylic acids is 1. The van der Waals surface area contributed by atoms with E-state index in [0.29, 0.717) is 24.7 Å². The highest BCUT2D eigenvalue weighted by Crippen LogP contribution is 2.40. The molecule has 1 heterocycles. The lowest BCUT2D eigenvalue weighted by Gasteiger charge is -2.09. The summed E-state index contributed by atoms with van der Waals surface area (Å²) < 4.78 is 1.73. The molecule has 1 saturated carbocycles. The number of urea groups is 1. The van der Waals surface area contributed by atoms with Crippen molar-refractivity contribution in [2.24, 2.45) is 0 Å². The highest BCUT2D eigenvalue weighted by Gasteiger charge is 2.27. The summed E-state index contributed by atoms with van der Waals surface area (Å²) in [4.78, 5) is 22.5. The maximum atomic E-state index is 12.0. The first-order chi connectivity index (χ1) is 11.6. The second-order valence-electron chi connectivity index (χ2n) is 5.85. The second-order valence-corrected chi connectivity index (χ2v) is 5.85. The van der Waals surface area contributed by atoms with Gasteiger partial charge in [0.2, 0.25) is 0 Å². The predicted octanol–water partition coefficient (Wildman–Crippen LogP) is 2.74. The maximum absolute atomic E-state index is 12.0. The van der Waals surface area contributed by atoms with Crippen molar-refractivity contribution >= 4 is 17.8 Å². The Balaban J connectivity index is 1.67. The SMILES string of the molecule is O=C(O)CCCNC(=O)Nc1cc(C2CC2)nn1-c1ccccc1. The van der Waals surface area contributed by atoms with Crippen LogP contribution in [0, 0.1) is 0 Å². The zero-order chi connectivity index (χ0) is 16.9. The number of aromatic nitrogens is 2. The number of carboxylic acid groups (broad SMARTS) is 1. The van der Waals surface area contributed by atoms with Gasteiger partial charge in [0.05, 0.1) is 11.4 Å². The third-order valence-electron chi connectivity index (χ3n) is 3.82. The van der Waals surface area contributed by atoms with Crippen molar-refractivity contribution in [3.63, 3.8) is 0 Å². The van der Waals surface area contributed by atoms with Crippen LogP contribution in [0.15, 0.2) is 36.4 Å². The van der Waals surface area contributed by atoms with E-state index < -0.39 is 5.97 Å². The molecule has 1 aliphatic rings. The Hall–Kier alpha value is -2.83. The number of para-hydroxylation sites is 1. The number of nitrogens with one attached hydrogen (secondary N) is 2. The van der Waals surface area contributed by atoms with Crippen molar-refractivity contribution in [3.8, 4) is 5.69 Å².